The molecule has 0 radical (unpaired) electrons. The lowest BCUT2D eigenvalue weighted by Crippen LogP contribution is -2.12. The molecule has 0 bridgehead atoms. The number of imidazole rings is 1. The molecule has 0 saturated heterocycles. The number of hydrogen-bond acceptors (Lipinski definition) is 7. The number of benzene rings is 1. The molecule has 4 heterocycles. The summed E-state index contributed by atoms with van der Waals surface area (Å²) in [5, 5.41) is 8.50. The highest BCUT2D eigenvalue weighted by atomic mass is 32.1. The standard InChI is InChI=1S/C22H21N7OS/c23-22-19-20(21-17(27-22)6-8-31-21)29(18(28-19)12-26-30)13-15-3-1-14(2-4-15)9-25-11-16-5-7-24-10-16/h1-8,10,24-25H,9,11-13H2,(H2,23,27). The first-order valence-corrected chi connectivity index (χ1v) is 10.8. The molecular formula is C22H21N7OS. The van der Waals surface area contributed by atoms with Gasteiger partial charge in [0, 0.05) is 32.0 Å². The number of aromatic nitrogens is 4. The van der Waals surface area contributed by atoms with E-state index in [4.69, 9.17) is 5.73 Å². The number of nitrogens with one attached hydrogen (secondary N) is 2. The minimum Gasteiger partial charge on any atom is -0.382 e. The predicted molar refractivity (Wildman–Crippen MR) is 124 cm³/mol. The molecule has 9 heteroatoms. The van der Waals surface area contributed by atoms with Crippen LogP contribution < -0.4 is 11.1 Å². The fourth-order valence-corrected chi connectivity index (χ4v) is 4.66. The summed E-state index contributed by atoms with van der Waals surface area (Å²) in [5.74, 6) is 0.965. The summed E-state index contributed by atoms with van der Waals surface area (Å²) in [5.41, 5.74) is 12.1. The van der Waals surface area contributed by atoms with Crippen molar-refractivity contribution in [1.29, 1.82) is 0 Å². The van der Waals surface area contributed by atoms with E-state index >= 15 is 0 Å². The van der Waals surface area contributed by atoms with Crippen LogP contribution in [0.25, 0.3) is 21.3 Å². The lowest BCUT2D eigenvalue weighted by atomic mass is 10.1. The number of fused-ring (bicyclic) bond motifs is 3. The summed E-state index contributed by atoms with van der Waals surface area (Å²) in [4.78, 5) is 23.1. The summed E-state index contributed by atoms with van der Waals surface area (Å²) in [6, 6.07) is 12.4. The van der Waals surface area contributed by atoms with E-state index in [0.717, 1.165) is 34.4 Å². The first kappa shape index (κ1) is 19.4. The zero-order chi connectivity index (χ0) is 21.2. The monoisotopic (exact) mass is 431 g/mol. The summed E-state index contributed by atoms with van der Waals surface area (Å²) < 4.78 is 3.05. The molecule has 0 fully saturated rings. The third-order valence-electron chi connectivity index (χ3n) is 5.28. The number of thiophene rings is 1. The van der Waals surface area contributed by atoms with Crippen LogP contribution in [-0.2, 0) is 26.2 Å². The topological polar surface area (TPSA) is 114 Å². The summed E-state index contributed by atoms with van der Waals surface area (Å²) in [6.45, 7) is 2.18. The maximum Gasteiger partial charge on any atom is 0.152 e. The maximum absolute atomic E-state index is 11.0. The summed E-state index contributed by atoms with van der Waals surface area (Å²) in [7, 11) is 0. The van der Waals surface area contributed by atoms with Crippen molar-refractivity contribution in [1.82, 2.24) is 24.8 Å². The van der Waals surface area contributed by atoms with Crippen molar-refractivity contribution in [3.63, 3.8) is 0 Å². The van der Waals surface area contributed by atoms with Gasteiger partial charge in [0.05, 0.1) is 15.7 Å². The van der Waals surface area contributed by atoms with Gasteiger partial charge in [0.2, 0.25) is 0 Å². The Hall–Kier alpha value is -3.56. The molecule has 0 unspecified atom stereocenters. The number of nitrogens with zero attached hydrogens (tertiary/aromatic N) is 4. The number of pyridine rings is 1. The molecular weight excluding hydrogens is 410 g/mol. The second-order valence-electron chi connectivity index (χ2n) is 7.37. The van der Waals surface area contributed by atoms with Crippen molar-refractivity contribution in [2.75, 3.05) is 5.73 Å². The number of rotatable bonds is 8. The molecule has 0 spiro atoms. The molecule has 4 N–H and O–H groups in total. The van der Waals surface area contributed by atoms with E-state index in [1.54, 1.807) is 11.3 Å². The van der Waals surface area contributed by atoms with Crippen LogP contribution in [0.2, 0.25) is 0 Å². The Balaban J connectivity index is 1.41. The molecule has 156 valence electrons. The molecule has 0 saturated carbocycles. The van der Waals surface area contributed by atoms with Gasteiger partial charge in [-0.3, -0.25) is 0 Å². The molecule has 4 aromatic heterocycles. The lowest BCUT2D eigenvalue weighted by Gasteiger charge is -2.10. The SMILES string of the molecule is Nc1nc2ccsc2c2c1nc(CN=O)n2Cc1ccc(CNCc2cc[nH]c2)cc1. The molecule has 0 aliphatic carbocycles. The van der Waals surface area contributed by atoms with Gasteiger partial charge in [0.1, 0.15) is 17.9 Å². The first-order valence-electron chi connectivity index (χ1n) is 9.94. The van der Waals surface area contributed by atoms with E-state index in [9.17, 15) is 4.91 Å². The number of nitrogen functional groups attached to an aromatic ring is 1. The molecule has 5 rings (SSSR count). The highest BCUT2D eigenvalue weighted by Crippen LogP contribution is 2.33. The zero-order valence-corrected chi connectivity index (χ0v) is 17.5. The third kappa shape index (κ3) is 3.80. The quantitative estimate of drug-likeness (QED) is 0.319. The molecule has 0 aliphatic heterocycles. The summed E-state index contributed by atoms with van der Waals surface area (Å²) in [6.07, 6.45) is 3.91. The summed E-state index contributed by atoms with van der Waals surface area (Å²) >= 11 is 1.59. The normalized spacial score (nSPS) is 11.5. The Morgan fingerprint density at radius 1 is 1.06 bits per heavy atom. The Morgan fingerprint density at radius 3 is 2.65 bits per heavy atom. The third-order valence-corrected chi connectivity index (χ3v) is 6.19. The first-order chi connectivity index (χ1) is 15.2. The number of aromatic amines is 1. The van der Waals surface area contributed by atoms with Crippen molar-refractivity contribution < 1.29 is 0 Å². The molecule has 5 aromatic rings. The number of anilines is 1. The van der Waals surface area contributed by atoms with Gasteiger partial charge in [-0.15, -0.1) is 11.3 Å². The van der Waals surface area contributed by atoms with Gasteiger partial charge in [-0.25, -0.2) is 9.97 Å². The minimum absolute atomic E-state index is 0.0118. The maximum atomic E-state index is 11.0. The van der Waals surface area contributed by atoms with Crippen LogP contribution >= 0.6 is 11.3 Å². The van der Waals surface area contributed by atoms with Crippen LogP contribution in [-0.4, -0.2) is 19.5 Å². The average Bonchev–Trinajstić information content (AvgIpc) is 3.51. The Labute approximate surface area is 182 Å². The fraction of sp³-hybridized carbons (Fsp3) is 0.182. The fourth-order valence-electron chi connectivity index (χ4n) is 3.77. The molecule has 31 heavy (non-hydrogen) atoms. The van der Waals surface area contributed by atoms with E-state index < -0.39 is 0 Å². The van der Waals surface area contributed by atoms with Crippen molar-refractivity contribution in [3.05, 3.63) is 81.6 Å². The van der Waals surface area contributed by atoms with Crippen LogP contribution in [0, 0.1) is 4.91 Å². The molecule has 0 aliphatic rings. The average molecular weight is 432 g/mol. The van der Waals surface area contributed by atoms with Gasteiger partial charge in [0.25, 0.3) is 0 Å². The van der Waals surface area contributed by atoms with Crippen LogP contribution in [0.4, 0.5) is 5.82 Å². The smallest absolute Gasteiger partial charge is 0.152 e. The van der Waals surface area contributed by atoms with Gasteiger partial charge in [0.15, 0.2) is 5.82 Å². The van der Waals surface area contributed by atoms with Crippen LogP contribution in [0.3, 0.4) is 0 Å². The second kappa shape index (κ2) is 8.29. The molecule has 0 amide bonds. The van der Waals surface area contributed by atoms with Crippen LogP contribution in [0.5, 0.6) is 0 Å². The van der Waals surface area contributed by atoms with Gasteiger partial charge < -0.3 is 20.6 Å². The van der Waals surface area contributed by atoms with Crippen molar-refractivity contribution in [2.24, 2.45) is 5.18 Å². The number of nitrogens with two attached hydrogens (primary N) is 1. The molecule has 0 atom stereocenters. The number of hydrogen-bond donors (Lipinski definition) is 3. The van der Waals surface area contributed by atoms with Crippen LogP contribution in [0.1, 0.15) is 22.5 Å². The zero-order valence-electron chi connectivity index (χ0n) is 16.7. The number of nitroso groups, excluding NO2 is 1. The highest BCUT2D eigenvalue weighted by Gasteiger charge is 2.18. The van der Waals surface area contributed by atoms with Crippen molar-refractivity contribution >= 4 is 38.4 Å². The van der Waals surface area contributed by atoms with E-state index in [1.165, 1.54) is 11.1 Å². The molecule has 1 aromatic carbocycles. The molecule has 8 nitrogen and oxygen atoms in total. The predicted octanol–water partition coefficient (Wildman–Crippen LogP) is 4.16. The Kier molecular flexibility index (Phi) is 5.19. The lowest BCUT2D eigenvalue weighted by molar-refractivity contribution is 0.693. The van der Waals surface area contributed by atoms with Gasteiger partial charge in [-0.05, 0) is 34.2 Å². The second-order valence-corrected chi connectivity index (χ2v) is 8.29. The highest BCUT2D eigenvalue weighted by molar-refractivity contribution is 7.18. The van der Waals surface area contributed by atoms with Crippen molar-refractivity contribution in [3.8, 4) is 0 Å². The van der Waals surface area contributed by atoms with Gasteiger partial charge in [-0.1, -0.05) is 29.4 Å². The van der Waals surface area contributed by atoms with E-state index in [2.05, 4.69) is 55.8 Å². The van der Waals surface area contributed by atoms with E-state index in [1.807, 2.05) is 28.4 Å². The largest absolute Gasteiger partial charge is 0.382 e. The van der Waals surface area contributed by atoms with Gasteiger partial charge >= 0.3 is 0 Å². The Morgan fingerprint density at radius 2 is 1.87 bits per heavy atom. The van der Waals surface area contributed by atoms with Crippen molar-refractivity contribution in [2.45, 2.75) is 26.2 Å². The van der Waals surface area contributed by atoms with E-state index in [-0.39, 0.29) is 6.54 Å². The minimum atomic E-state index is -0.0118. The van der Waals surface area contributed by atoms with Gasteiger partial charge in [-0.2, -0.15) is 4.91 Å². The number of H-pyrrole nitrogens is 1. The van der Waals surface area contributed by atoms with Crippen LogP contribution in [0.15, 0.2) is 59.3 Å². The van der Waals surface area contributed by atoms with E-state index in [0.29, 0.717) is 23.7 Å². The Bertz CT molecular complexity index is 1340.